The van der Waals surface area contributed by atoms with Crippen molar-refractivity contribution in [1.82, 2.24) is 0 Å². The van der Waals surface area contributed by atoms with Gasteiger partial charge in [-0.25, -0.2) is 0 Å². The zero-order valence-electron chi connectivity index (χ0n) is 8.80. The third kappa shape index (κ3) is 4.63. The van der Waals surface area contributed by atoms with E-state index in [1.807, 2.05) is 0 Å². The predicted molar refractivity (Wildman–Crippen MR) is 55.7 cm³/mol. The molecule has 0 saturated heterocycles. The van der Waals surface area contributed by atoms with Crippen LogP contribution in [-0.2, 0) is 4.74 Å². The van der Waals surface area contributed by atoms with Crippen molar-refractivity contribution in [1.29, 1.82) is 0 Å². The first-order chi connectivity index (χ1) is 6.33. The van der Waals surface area contributed by atoms with E-state index in [1.165, 1.54) is 32.1 Å². The molecule has 0 aromatic rings. The van der Waals surface area contributed by atoms with Gasteiger partial charge in [0.1, 0.15) is 0 Å². The lowest BCUT2D eigenvalue weighted by Gasteiger charge is -2.15. The van der Waals surface area contributed by atoms with Crippen molar-refractivity contribution < 1.29 is 4.74 Å². The van der Waals surface area contributed by atoms with E-state index in [1.54, 1.807) is 0 Å². The summed E-state index contributed by atoms with van der Waals surface area (Å²) in [5.41, 5.74) is 5.97. The van der Waals surface area contributed by atoms with Crippen molar-refractivity contribution in [2.45, 2.75) is 51.5 Å². The highest BCUT2D eigenvalue weighted by Crippen LogP contribution is 2.28. The van der Waals surface area contributed by atoms with Gasteiger partial charge in [0.05, 0.1) is 6.61 Å². The SMILES string of the molecule is CCCOCC(N)CC1CCCC1. The lowest BCUT2D eigenvalue weighted by atomic mass is 9.99. The van der Waals surface area contributed by atoms with Crippen molar-refractivity contribution in [3.8, 4) is 0 Å². The molecule has 0 aromatic heterocycles. The van der Waals surface area contributed by atoms with Gasteiger partial charge in [-0.2, -0.15) is 0 Å². The summed E-state index contributed by atoms with van der Waals surface area (Å²) in [4.78, 5) is 0. The van der Waals surface area contributed by atoms with Crippen LogP contribution in [0.4, 0.5) is 0 Å². The average Bonchev–Trinajstić information content (AvgIpc) is 2.57. The summed E-state index contributed by atoms with van der Waals surface area (Å²) in [6, 6.07) is 0.273. The molecular weight excluding hydrogens is 162 g/mol. The highest BCUT2D eigenvalue weighted by molar-refractivity contribution is 4.72. The summed E-state index contributed by atoms with van der Waals surface area (Å²) < 4.78 is 5.43. The maximum atomic E-state index is 5.97. The lowest BCUT2D eigenvalue weighted by Crippen LogP contribution is -2.28. The fourth-order valence-electron chi connectivity index (χ4n) is 2.12. The Labute approximate surface area is 81.8 Å². The molecule has 0 heterocycles. The Kier molecular flexibility index (Phi) is 5.40. The van der Waals surface area contributed by atoms with E-state index >= 15 is 0 Å². The van der Waals surface area contributed by atoms with E-state index in [2.05, 4.69) is 6.92 Å². The van der Waals surface area contributed by atoms with Crippen LogP contribution in [0.2, 0.25) is 0 Å². The van der Waals surface area contributed by atoms with E-state index in [0.29, 0.717) is 0 Å². The third-order valence-corrected chi connectivity index (χ3v) is 2.79. The zero-order chi connectivity index (χ0) is 9.52. The summed E-state index contributed by atoms with van der Waals surface area (Å²) in [5, 5.41) is 0. The number of nitrogens with two attached hydrogens (primary N) is 1. The molecule has 0 aromatic carbocycles. The summed E-state index contributed by atoms with van der Waals surface area (Å²) in [5.74, 6) is 0.889. The van der Waals surface area contributed by atoms with Crippen LogP contribution in [0.5, 0.6) is 0 Å². The molecule has 2 N–H and O–H groups in total. The summed E-state index contributed by atoms with van der Waals surface area (Å²) in [7, 11) is 0. The molecule has 1 unspecified atom stereocenters. The summed E-state index contributed by atoms with van der Waals surface area (Å²) in [6.45, 7) is 3.74. The molecule has 78 valence electrons. The second-order valence-electron chi connectivity index (χ2n) is 4.22. The summed E-state index contributed by atoms with van der Waals surface area (Å²) in [6.07, 6.45) is 7.86. The molecule has 1 rings (SSSR count). The van der Waals surface area contributed by atoms with Crippen LogP contribution < -0.4 is 5.73 Å². The van der Waals surface area contributed by atoms with E-state index in [-0.39, 0.29) is 6.04 Å². The van der Waals surface area contributed by atoms with Gasteiger partial charge in [0.25, 0.3) is 0 Å². The fraction of sp³-hybridized carbons (Fsp3) is 1.00. The van der Waals surface area contributed by atoms with E-state index in [9.17, 15) is 0 Å². The lowest BCUT2D eigenvalue weighted by molar-refractivity contribution is 0.115. The Morgan fingerprint density at radius 2 is 2.08 bits per heavy atom. The van der Waals surface area contributed by atoms with Gasteiger partial charge in [0, 0.05) is 12.6 Å². The van der Waals surface area contributed by atoms with Crippen molar-refractivity contribution in [2.75, 3.05) is 13.2 Å². The Balaban J connectivity index is 1.99. The normalized spacial score (nSPS) is 20.8. The molecule has 1 fully saturated rings. The second kappa shape index (κ2) is 6.39. The van der Waals surface area contributed by atoms with Gasteiger partial charge in [-0.05, 0) is 18.8 Å². The molecule has 0 spiro atoms. The fourth-order valence-corrected chi connectivity index (χ4v) is 2.12. The van der Waals surface area contributed by atoms with E-state index < -0.39 is 0 Å². The molecule has 2 nitrogen and oxygen atoms in total. The molecule has 0 radical (unpaired) electrons. The monoisotopic (exact) mass is 185 g/mol. The van der Waals surface area contributed by atoms with Gasteiger partial charge in [-0.1, -0.05) is 32.6 Å². The van der Waals surface area contributed by atoms with Gasteiger partial charge in [-0.15, -0.1) is 0 Å². The maximum absolute atomic E-state index is 5.97. The topological polar surface area (TPSA) is 35.2 Å². The Morgan fingerprint density at radius 3 is 2.69 bits per heavy atom. The molecule has 1 aliphatic rings. The molecule has 2 heteroatoms. The van der Waals surface area contributed by atoms with Gasteiger partial charge in [0.15, 0.2) is 0 Å². The first-order valence-corrected chi connectivity index (χ1v) is 5.66. The minimum Gasteiger partial charge on any atom is -0.380 e. The van der Waals surface area contributed by atoms with Crippen molar-refractivity contribution in [3.63, 3.8) is 0 Å². The molecule has 1 saturated carbocycles. The number of hydrogen-bond acceptors (Lipinski definition) is 2. The highest BCUT2D eigenvalue weighted by Gasteiger charge is 2.17. The second-order valence-corrected chi connectivity index (χ2v) is 4.22. The van der Waals surface area contributed by atoms with Crippen LogP contribution in [-0.4, -0.2) is 19.3 Å². The standard InChI is InChI=1S/C11H23NO/c1-2-7-13-9-11(12)8-10-5-3-4-6-10/h10-11H,2-9,12H2,1H3. The minimum atomic E-state index is 0.273. The molecule has 13 heavy (non-hydrogen) atoms. The maximum Gasteiger partial charge on any atom is 0.0617 e. The predicted octanol–water partition coefficient (Wildman–Crippen LogP) is 2.32. The molecule has 1 aliphatic carbocycles. The van der Waals surface area contributed by atoms with Crippen LogP contribution in [0, 0.1) is 5.92 Å². The number of rotatable bonds is 6. The zero-order valence-corrected chi connectivity index (χ0v) is 8.80. The molecule has 0 bridgehead atoms. The van der Waals surface area contributed by atoms with Crippen LogP contribution in [0.1, 0.15) is 45.4 Å². The van der Waals surface area contributed by atoms with E-state index in [4.69, 9.17) is 10.5 Å². The number of ether oxygens (including phenoxy) is 1. The molecular formula is C11H23NO. The van der Waals surface area contributed by atoms with Crippen LogP contribution in [0.25, 0.3) is 0 Å². The minimum absolute atomic E-state index is 0.273. The largest absolute Gasteiger partial charge is 0.380 e. The van der Waals surface area contributed by atoms with Crippen molar-refractivity contribution >= 4 is 0 Å². The smallest absolute Gasteiger partial charge is 0.0617 e. The van der Waals surface area contributed by atoms with Crippen molar-refractivity contribution in [3.05, 3.63) is 0 Å². The van der Waals surface area contributed by atoms with Gasteiger partial charge >= 0.3 is 0 Å². The highest BCUT2D eigenvalue weighted by atomic mass is 16.5. The van der Waals surface area contributed by atoms with Gasteiger partial charge in [0.2, 0.25) is 0 Å². The quantitative estimate of drug-likeness (QED) is 0.644. The van der Waals surface area contributed by atoms with Gasteiger partial charge in [-0.3, -0.25) is 0 Å². The molecule has 1 atom stereocenters. The first kappa shape index (κ1) is 11.0. The Bertz CT molecular complexity index is 121. The van der Waals surface area contributed by atoms with Crippen molar-refractivity contribution in [2.24, 2.45) is 11.7 Å². The third-order valence-electron chi connectivity index (χ3n) is 2.79. The molecule has 0 amide bonds. The average molecular weight is 185 g/mol. The Hall–Kier alpha value is -0.0800. The van der Waals surface area contributed by atoms with Crippen LogP contribution in [0.15, 0.2) is 0 Å². The van der Waals surface area contributed by atoms with Crippen LogP contribution in [0.3, 0.4) is 0 Å². The number of hydrogen-bond donors (Lipinski definition) is 1. The molecule has 0 aliphatic heterocycles. The van der Waals surface area contributed by atoms with Crippen LogP contribution >= 0.6 is 0 Å². The van der Waals surface area contributed by atoms with E-state index in [0.717, 1.165) is 25.6 Å². The Morgan fingerprint density at radius 1 is 1.38 bits per heavy atom. The first-order valence-electron chi connectivity index (χ1n) is 5.66. The van der Waals surface area contributed by atoms with Gasteiger partial charge < -0.3 is 10.5 Å². The summed E-state index contributed by atoms with van der Waals surface area (Å²) >= 11 is 0.